The molecule has 304 valence electrons. The molecule has 1 spiro atoms. The van der Waals surface area contributed by atoms with Crippen molar-refractivity contribution < 1.29 is 0 Å². The molecule has 1 aliphatic heterocycles. The number of hydrogen-bond donors (Lipinski definition) is 1. The molecule has 15 rings (SSSR count). The number of thiol groups is 1. The van der Waals surface area contributed by atoms with Crippen molar-refractivity contribution in [3.63, 3.8) is 0 Å². The quantitative estimate of drug-likeness (QED) is 0.170. The Hall–Kier alpha value is -7.85. The van der Waals surface area contributed by atoms with Gasteiger partial charge < -0.3 is 9.13 Å². The molecule has 0 bridgehead atoms. The Balaban J connectivity index is 0.921. The average Bonchev–Trinajstić information content (AvgIpc) is 4.14. The van der Waals surface area contributed by atoms with Gasteiger partial charge in [0.15, 0.2) is 0 Å². The van der Waals surface area contributed by atoms with Gasteiger partial charge in [-0.15, -0.1) is 0 Å². The van der Waals surface area contributed by atoms with E-state index in [0.717, 1.165) is 0 Å². The van der Waals surface area contributed by atoms with Crippen molar-refractivity contribution in [2.45, 2.75) is 15.2 Å². The van der Waals surface area contributed by atoms with Crippen LogP contribution in [0.4, 0.5) is 0 Å². The Morgan fingerprint density at radius 2 is 0.969 bits per heavy atom. The molecule has 0 amide bonds. The highest BCUT2D eigenvalue weighted by atomic mass is 32.2. The fourth-order valence-electron chi connectivity index (χ4n) is 12.5. The second kappa shape index (κ2) is 12.9. The van der Waals surface area contributed by atoms with Gasteiger partial charge in [-0.1, -0.05) is 164 Å². The van der Waals surface area contributed by atoms with Crippen LogP contribution in [0.2, 0.25) is 0 Å². The summed E-state index contributed by atoms with van der Waals surface area (Å²) >= 11 is 0. The molecule has 3 aliphatic rings. The molecule has 10 aromatic carbocycles. The summed E-state index contributed by atoms with van der Waals surface area (Å²) < 4.78 is 4.98. The average molecular weight is 845 g/mol. The number of para-hydroxylation sites is 3. The smallest absolute Gasteiger partial charge is 0.0725 e. The van der Waals surface area contributed by atoms with Crippen molar-refractivity contribution in [3.8, 4) is 55.9 Å². The molecule has 0 N–H and O–H groups in total. The van der Waals surface area contributed by atoms with Crippen LogP contribution in [0.25, 0.3) is 99.5 Å². The highest BCUT2D eigenvalue weighted by molar-refractivity contribution is 8.17. The zero-order valence-electron chi connectivity index (χ0n) is 35.6. The molecule has 0 radical (unpaired) electrons. The Morgan fingerprint density at radius 3 is 1.74 bits per heavy atom. The standard InChI is InChI=1S/C62H40N2S/c1-65-57-35-30-38(41-23-15-27-53-59(41)47-21-7-12-26-52(47)62(53)50-24-10-5-18-42(50)43-19-6-11-25-51(43)62)36-49(57)45-32-31-40(37-58(45)65)64-54-28-13-8-20-44(54)46-33-34-56-60(61(46)64)48-22-9-14-29-55(48)63(56)39-16-3-2-4-17-39/h2-37,65H,1H3. The van der Waals surface area contributed by atoms with Gasteiger partial charge >= 0.3 is 0 Å². The summed E-state index contributed by atoms with van der Waals surface area (Å²) in [6.45, 7) is 0. The van der Waals surface area contributed by atoms with Crippen molar-refractivity contribution >= 4 is 54.5 Å². The zero-order valence-corrected chi connectivity index (χ0v) is 36.5. The summed E-state index contributed by atoms with van der Waals surface area (Å²) in [7, 11) is -0.581. The SMILES string of the molecule is C[SH]1c2ccc(-c3cccc4c3-c3ccccc3C43c4ccccc4-c4ccccc43)cc2-c2ccc(-n3c4ccccc4c4ccc5c(c6ccccc6n5-c5ccccc5)c43)cc21. The maximum absolute atomic E-state index is 2.55. The predicted octanol–water partition coefficient (Wildman–Crippen LogP) is 15.9. The lowest BCUT2D eigenvalue weighted by molar-refractivity contribution is 0.794. The van der Waals surface area contributed by atoms with E-state index in [-0.39, 0.29) is 5.41 Å². The van der Waals surface area contributed by atoms with Crippen LogP contribution in [0.5, 0.6) is 0 Å². The summed E-state index contributed by atoms with van der Waals surface area (Å²) in [5, 5.41) is 5.10. The fraction of sp³-hybridized carbons (Fsp3) is 0.0323. The normalized spacial score (nSPS) is 15.4. The molecule has 65 heavy (non-hydrogen) atoms. The molecule has 2 aromatic heterocycles. The number of benzene rings is 10. The lowest BCUT2D eigenvalue weighted by atomic mass is 9.70. The van der Waals surface area contributed by atoms with Crippen LogP contribution in [-0.4, -0.2) is 15.4 Å². The molecule has 3 heterocycles. The molecular weight excluding hydrogens is 805 g/mol. The van der Waals surface area contributed by atoms with E-state index in [2.05, 4.69) is 234 Å². The third-order valence-electron chi connectivity index (χ3n) is 15.1. The molecule has 3 heteroatoms. The van der Waals surface area contributed by atoms with Crippen molar-refractivity contribution in [2.24, 2.45) is 0 Å². The second-order valence-electron chi connectivity index (χ2n) is 18.0. The summed E-state index contributed by atoms with van der Waals surface area (Å²) in [6, 6.07) is 82.4. The molecule has 0 fully saturated rings. The van der Waals surface area contributed by atoms with Gasteiger partial charge in [0.05, 0.1) is 27.5 Å². The van der Waals surface area contributed by atoms with Crippen LogP contribution in [0.3, 0.4) is 0 Å². The van der Waals surface area contributed by atoms with Gasteiger partial charge in [-0.25, -0.2) is 10.9 Å². The summed E-state index contributed by atoms with van der Waals surface area (Å²) in [5.74, 6) is 0. The van der Waals surface area contributed by atoms with Crippen LogP contribution < -0.4 is 0 Å². The molecular formula is C62H40N2S. The van der Waals surface area contributed by atoms with E-state index in [1.165, 1.54) is 132 Å². The third kappa shape index (κ3) is 4.46. The van der Waals surface area contributed by atoms with E-state index in [1.807, 2.05) is 0 Å². The Kier molecular flexibility index (Phi) is 7.05. The molecule has 2 aliphatic carbocycles. The predicted molar refractivity (Wildman–Crippen MR) is 274 cm³/mol. The van der Waals surface area contributed by atoms with Crippen LogP contribution in [0, 0.1) is 0 Å². The van der Waals surface area contributed by atoms with Crippen LogP contribution in [0.1, 0.15) is 22.3 Å². The van der Waals surface area contributed by atoms with E-state index in [9.17, 15) is 0 Å². The first kappa shape index (κ1) is 35.6. The number of nitrogens with zero attached hydrogens (tertiary/aromatic N) is 2. The number of fused-ring (bicyclic) bond motifs is 20. The van der Waals surface area contributed by atoms with Crippen LogP contribution in [-0.2, 0) is 5.41 Å². The van der Waals surface area contributed by atoms with E-state index in [4.69, 9.17) is 0 Å². The lowest BCUT2D eigenvalue weighted by Gasteiger charge is -2.30. The van der Waals surface area contributed by atoms with Crippen molar-refractivity contribution in [2.75, 3.05) is 6.26 Å². The van der Waals surface area contributed by atoms with Crippen molar-refractivity contribution in [1.82, 2.24) is 9.13 Å². The summed E-state index contributed by atoms with van der Waals surface area (Å²) in [6.07, 6.45) is 2.45. The van der Waals surface area contributed by atoms with Gasteiger partial charge in [0, 0.05) is 37.8 Å². The minimum Gasteiger partial charge on any atom is -0.309 e. The summed E-state index contributed by atoms with van der Waals surface area (Å²) in [4.78, 5) is 2.89. The van der Waals surface area contributed by atoms with Gasteiger partial charge in [-0.05, 0) is 133 Å². The minimum absolute atomic E-state index is 0.360. The van der Waals surface area contributed by atoms with Crippen LogP contribution in [0.15, 0.2) is 228 Å². The third-order valence-corrected chi connectivity index (χ3v) is 17.3. The Morgan fingerprint density at radius 1 is 0.354 bits per heavy atom. The zero-order chi connectivity index (χ0) is 42.5. The minimum atomic E-state index is -0.581. The molecule has 2 nitrogen and oxygen atoms in total. The summed E-state index contributed by atoms with van der Waals surface area (Å²) in [5.41, 5.74) is 23.1. The first-order valence-corrected chi connectivity index (χ1v) is 24.5. The van der Waals surface area contributed by atoms with E-state index in [1.54, 1.807) is 0 Å². The van der Waals surface area contributed by atoms with E-state index >= 15 is 0 Å². The number of hydrogen-bond acceptors (Lipinski definition) is 0. The Bertz CT molecular complexity index is 3990. The van der Waals surface area contributed by atoms with Gasteiger partial charge in [-0.2, -0.15) is 0 Å². The lowest BCUT2D eigenvalue weighted by Crippen LogP contribution is -2.25. The van der Waals surface area contributed by atoms with Crippen LogP contribution >= 0.6 is 10.9 Å². The fourth-order valence-corrected chi connectivity index (χ4v) is 14.5. The first-order chi connectivity index (χ1) is 32.2. The van der Waals surface area contributed by atoms with E-state index < -0.39 is 10.9 Å². The molecule has 1 unspecified atom stereocenters. The molecule has 12 aromatic rings. The number of aromatic nitrogens is 2. The number of rotatable bonds is 3. The van der Waals surface area contributed by atoms with Gasteiger partial charge in [0.1, 0.15) is 0 Å². The van der Waals surface area contributed by atoms with Crippen molar-refractivity contribution in [1.29, 1.82) is 0 Å². The van der Waals surface area contributed by atoms with Gasteiger partial charge in [0.25, 0.3) is 0 Å². The first-order valence-electron chi connectivity index (χ1n) is 22.7. The van der Waals surface area contributed by atoms with Gasteiger partial charge in [-0.3, -0.25) is 0 Å². The molecule has 0 saturated carbocycles. The van der Waals surface area contributed by atoms with Crippen molar-refractivity contribution in [3.05, 3.63) is 241 Å². The monoisotopic (exact) mass is 844 g/mol. The second-order valence-corrected chi connectivity index (χ2v) is 20.1. The topological polar surface area (TPSA) is 9.86 Å². The maximum Gasteiger partial charge on any atom is 0.0725 e. The Labute approximate surface area is 379 Å². The van der Waals surface area contributed by atoms with E-state index in [0.29, 0.717) is 0 Å². The highest BCUT2D eigenvalue weighted by Crippen LogP contribution is 2.64. The molecule has 1 atom stereocenters. The largest absolute Gasteiger partial charge is 0.309 e. The highest BCUT2D eigenvalue weighted by Gasteiger charge is 2.52. The molecule has 0 saturated heterocycles. The van der Waals surface area contributed by atoms with Gasteiger partial charge in [0.2, 0.25) is 0 Å². The maximum atomic E-state index is 2.55.